The van der Waals surface area contributed by atoms with E-state index < -0.39 is 0 Å². The second kappa shape index (κ2) is 6.20. The molecule has 0 radical (unpaired) electrons. The topological polar surface area (TPSA) is 56.7 Å². The van der Waals surface area contributed by atoms with Crippen LogP contribution in [0.5, 0.6) is 0 Å². The van der Waals surface area contributed by atoms with E-state index in [0.717, 1.165) is 16.4 Å². The van der Waals surface area contributed by atoms with Gasteiger partial charge >= 0.3 is 0 Å². The molecule has 2 aromatic heterocycles. The highest BCUT2D eigenvalue weighted by molar-refractivity contribution is 7.98. The van der Waals surface area contributed by atoms with Crippen LogP contribution in [0.25, 0.3) is 11.3 Å². The summed E-state index contributed by atoms with van der Waals surface area (Å²) in [4.78, 5) is 8.96. The summed E-state index contributed by atoms with van der Waals surface area (Å²) in [6.07, 6.45) is 1.90. The van der Waals surface area contributed by atoms with Gasteiger partial charge in [0.05, 0.1) is 17.6 Å². The molecule has 0 bridgehead atoms. The van der Waals surface area contributed by atoms with Crippen LogP contribution >= 0.6 is 11.8 Å². The van der Waals surface area contributed by atoms with Crippen molar-refractivity contribution in [3.8, 4) is 11.3 Å². The fourth-order valence-corrected chi connectivity index (χ4v) is 2.94. The lowest BCUT2D eigenvalue weighted by Gasteiger charge is -2.10. The molecule has 0 N–H and O–H groups in total. The summed E-state index contributed by atoms with van der Waals surface area (Å²) in [6, 6.07) is 10.2. The number of benzene rings is 1. The smallest absolute Gasteiger partial charge is 0.232 e. The number of imidazole rings is 1. The van der Waals surface area contributed by atoms with E-state index in [4.69, 9.17) is 4.52 Å². The molecule has 0 saturated carbocycles. The summed E-state index contributed by atoms with van der Waals surface area (Å²) in [6.45, 7) is 6.17. The molecule has 0 fully saturated rings. The van der Waals surface area contributed by atoms with Crippen LogP contribution in [0.15, 0.2) is 46.2 Å². The average Bonchev–Trinajstić information content (AvgIpc) is 3.13. The lowest BCUT2D eigenvalue weighted by atomic mass is 9.97. The molecule has 120 valence electrons. The van der Waals surface area contributed by atoms with Crippen LogP contribution in [-0.4, -0.2) is 19.7 Å². The second-order valence-corrected chi connectivity index (χ2v) is 7.35. The lowest BCUT2D eigenvalue weighted by Crippen LogP contribution is -2.11. The molecular weight excluding hydrogens is 308 g/mol. The molecule has 1 aromatic carbocycles. The summed E-state index contributed by atoms with van der Waals surface area (Å²) >= 11 is 1.61. The summed E-state index contributed by atoms with van der Waals surface area (Å²) in [5, 5.41) is 4.98. The van der Waals surface area contributed by atoms with E-state index in [9.17, 15) is 0 Å². The van der Waals surface area contributed by atoms with Gasteiger partial charge in [0, 0.05) is 12.5 Å². The first-order valence-corrected chi connectivity index (χ1v) is 8.47. The number of aromatic nitrogens is 4. The van der Waals surface area contributed by atoms with Gasteiger partial charge in [0.25, 0.3) is 0 Å². The van der Waals surface area contributed by atoms with Gasteiger partial charge in [-0.25, -0.2) is 4.98 Å². The minimum atomic E-state index is -0.125. The van der Waals surface area contributed by atoms with Crippen LogP contribution in [0.1, 0.15) is 32.5 Å². The Kier molecular flexibility index (Phi) is 4.26. The Morgan fingerprint density at radius 3 is 2.57 bits per heavy atom. The van der Waals surface area contributed by atoms with Gasteiger partial charge in [-0.1, -0.05) is 68.0 Å². The zero-order valence-corrected chi connectivity index (χ0v) is 14.6. The van der Waals surface area contributed by atoms with Crippen LogP contribution in [0.3, 0.4) is 0 Å². The van der Waals surface area contributed by atoms with Crippen LogP contribution in [0.4, 0.5) is 0 Å². The van der Waals surface area contributed by atoms with Crippen molar-refractivity contribution >= 4 is 11.8 Å². The summed E-state index contributed by atoms with van der Waals surface area (Å²) < 4.78 is 7.41. The molecule has 0 saturated heterocycles. The third kappa shape index (κ3) is 3.47. The summed E-state index contributed by atoms with van der Waals surface area (Å²) in [5.41, 5.74) is 2.13. The van der Waals surface area contributed by atoms with Gasteiger partial charge in [0.2, 0.25) is 5.89 Å². The minimum Gasteiger partial charge on any atom is -0.339 e. The highest BCUT2D eigenvalue weighted by Gasteiger charge is 2.22. The lowest BCUT2D eigenvalue weighted by molar-refractivity contribution is 0.319. The van der Waals surface area contributed by atoms with Crippen molar-refractivity contribution in [3.63, 3.8) is 0 Å². The standard InChI is InChI=1S/C17H20N4OS/c1-17(2,3)15-19-14(20-22-15)11-23-16-18-10-13(21(16)4)12-8-6-5-7-9-12/h5-10H,11H2,1-4H3. The Balaban J connectivity index is 1.72. The molecule has 23 heavy (non-hydrogen) atoms. The minimum absolute atomic E-state index is 0.125. The van der Waals surface area contributed by atoms with E-state index in [2.05, 4.69) is 52.6 Å². The fraction of sp³-hybridized carbons (Fsp3) is 0.353. The Morgan fingerprint density at radius 1 is 1.17 bits per heavy atom. The van der Waals surface area contributed by atoms with Gasteiger partial charge in [-0.15, -0.1) is 0 Å². The van der Waals surface area contributed by atoms with Crippen molar-refractivity contribution in [2.75, 3.05) is 0 Å². The molecule has 0 amide bonds. The molecule has 0 aliphatic heterocycles. The average molecular weight is 328 g/mol. The summed E-state index contributed by atoms with van der Waals surface area (Å²) in [7, 11) is 2.02. The van der Waals surface area contributed by atoms with Crippen LogP contribution < -0.4 is 0 Å². The molecule has 0 aliphatic carbocycles. The second-order valence-electron chi connectivity index (χ2n) is 6.41. The van der Waals surface area contributed by atoms with Crippen LogP contribution in [0.2, 0.25) is 0 Å². The fourth-order valence-electron chi connectivity index (χ4n) is 2.15. The molecule has 3 aromatic rings. The van der Waals surface area contributed by atoms with Crippen LogP contribution in [-0.2, 0) is 18.2 Å². The number of thioether (sulfide) groups is 1. The third-order valence-electron chi connectivity index (χ3n) is 3.46. The summed E-state index contributed by atoms with van der Waals surface area (Å²) in [5.74, 6) is 2.00. The van der Waals surface area contributed by atoms with Crippen molar-refractivity contribution in [3.05, 3.63) is 48.2 Å². The highest BCUT2D eigenvalue weighted by Crippen LogP contribution is 2.27. The van der Waals surface area contributed by atoms with Crippen molar-refractivity contribution in [2.24, 2.45) is 7.05 Å². The molecule has 0 unspecified atom stereocenters. The Bertz CT molecular complexity index is 787. The van der Waals surface area contributed by atoms with Gasteiger partial charge < -0.3 is 9.09 Å². The predicted molar refractivity (Wildman–Crippen MR) is 91.2 cm³/mol. The quantitative estimate of drug-likeness (QED) is 0.676. The number of rotatable bonds is 4. The first-order chi connectivity index (χ1) is 10.9. The maximum atomic E-state index is 5.32. The van der Waals surface area contributed by atoms with E-state index >= 15 is 0 Å². The van der Waals surface area contributed by atoms with E-state index in [1.165, 1.54) is 0 Å². The van der Waals surface area contributed by atoms with Gasteiger partial charge in [-0.05, 0) is 5.56 Å². The SMILES string of the molecule is Cn1c(-c2ccccc2)cnc1SCc1noc(C(C)(C)C)n1. The van der Waals surface area contributed by atoms with E-state index in [1.807, 2.05) is 31.4 Å². The molecule has 0 spiro atoms. The van der Waals surface area contributed by atoms with E-state index in [-0.39, 0.29) is 5.41 Å². The van der Waals surface area contributed by atoms with Gasteiger partial charge in [-0.3, -0.25) is 0 Å². The third-order valence-corrected chi connectivity index (χ3v) is 4.50. The number of hydrogen-bond acceptors (Lipinski definition) is 5. The molecular formula is C17H20N4OS. The largest absolute Gasteiger partial charge is 0.339 e. The maximum Gasteiger partial charge on any atom is 0.232 e. The first kappa shape index (κ1) is 15.8. The van der Waals surface area contributed by atoms with Gasteiger partial charge in [0.1, 0.15) is 0 Å². The molecule has 3 rings (SSSR count). The van der Waals surface area contributed by atoms with E-state index in [0.29, 0.717) is 17.5 Å². The first-order valence-electron chi connectivity index (χ1n) is 7.48. The maximum absolute atomic E-state index is 5.32. The number of nitrogens with zero attached hydrogens (tertiary/aromatic N) is 4. The monoisotopic (exact) mass is 328 g/mol. The Morgan fingerprint density at radius 2 is 1.91 bits per heavy atom. The van der Waals surface area contributed by atoms with Crippen LogP contribution in [0, 0.1) is 0 Å². The molecule has 2 heterocycles. The zero-order chi connectivity index (χ0) is 16.4. The van der Waals surface area contributed by atoms with Crippen molar-refractivity contribution in [1.82, 2.24) is 19.7 Å². The van der Waals surface area contributed by atoms with Gasteiger partial charge in [-0.2, -0.15) is 4.98 Å². The predicted octanol–water partition coefficient (Wildman–Crippen LogP) is 4.06. The highest BCUT2D eigenvalue weighted by atomic mass is 32.2. The Hall–Kier alpha value is -2.08. The normalized spacial score (nSPS) is 11.8. The molecule has 0 aliphatic rings. The van der Waals surface area contributed by atoms with Crippen molar-refractivity contribution < 1.29 is 4.52 Å². The van der Waals surface area contributed by atoms with E-state index in [1.54, 1.807) is 11.8 Å². The Labute approximate surface area is 140 Å². The molecule has 6 heteroatoms. The number of hydrogen-bond donors (Lipinski definition) is 0. The molecule has 0 atom stereocenters. The molecule has 5 nitrogen and oxygen atoms in total. The van der Waals surface area contributed by atoms with Crippen molar-refractivity contribution in [1.29, 1.82) is 0 Å². The van der Waals surface area contributed by atoms with Gasteiger partial charge in [0.15, 0.2) is 11.0 Å². The van der Waals surface area contributed by atoms with Crippen molar-refractivity contribution in [2.45, 2.75) is 37.1 Å². The zero-order valence-electron chi connectivity index (χ0n) is 13.8.